The predicted molar refractivity (Wildman–Crippen MR) is 113 cm³/mol. The molecule has 1 aromatic heterocycles. The summed E-state index contributed by atoms with van der Waals surface area (Å²) in [5.74, 6) is 0.233. The summed E-state index contributed by atoms with van der Waals surface area (Å²) in [7, 11) is 1.60. The van der Waals surface area contributed by atoms with E-state index in [4.69, 9.17) is 4.74 Å². The number of Topliss-reactive ketones (excluding diaryl/α,β-unsaturated/α-hetero) is 1. The number of carbonyl (C=O) groups excluding carboxylic acids is 1. The monoisotopic (exact) mass is 396 g/mol. The van der Waals surface area contributed by atoms with Crippen molar-refractivity contribution in [3.05, 3.63) is 70.0 Å². The number of aromatic nitrogens is 2. The number of rotatable bonds is 8. The minimum absolute atomic E-state index is 0.0148. The van der Waals surface area contributed by atoms with Crippen molar-refractivity contribution >= 4 is 28.4 Å². The van der Waals surface area contributed by atoms with Gasteiger partial charge in [0.05, 0.1) is 29.3 Å². The van der Waals surface area contributed by atoms with Crippen molar-refractivity contribution in [2.24, 2.45) is 0 Å². The average Bonchev–Trinajstić information content (AvgIpc) is 2.72. The standard InChI is InChI=1S/C22H24N2O3S/c1-4-16-9-11-17(12-10-16)20(25)14-28-22-23-19-8-6-5-7-18(19)21(26)24(22)15(2)13-27-3/h5-12,15H,4,13-14H2,1-3H3/t15-/m0/s1. The zero-order chi connectivity index (χ0) is 20.1. The molecule has 1 atom stereocenters. The van der Waals surface area contributed by atoms with Gasteiger partial charge in [-0.25, -0.2) is 4.98 Å². The number of ether oxygens (including phenoxy) is 1. The number of nitrogens with zero attached hydrogens (tertiary/aromatic N) is 2. The molecule has 146 valence electrons. The van der Waals surface area contributed by atoms with Crippen molar-refractivity contribution in [1.29, 1.82) is 0 Å². The molecule has 0 amide bonds. The van der Waals surface area contributed by atoms with Gasteiger partial charge in [-0.2, -0.15) is 0 Å². The van der Waals surface area contributed by atoms with Crippen molar-refractivity contribution in [1.82, 2.24) is 9.55 Å². The number of para-hydroxylation sites is 1. The van der Waals surface area contributed by atoms with Gasteiger partial charge in [0.2, 0.25) is 0 Å². The molecule has 3 aromatic rings. The third kappa shape index (κ3) is 4.34. The van der Waals surface area contributed by atoms with Crippen LogP contribution in [0.25, 0.3) is 10.9 Å². The minimum Gasteiger partial charge on any atom is -0.383 e. The molecule has 0 saturated carbocycles. The van der Waals surface area contributed by atoms with Crippen LogP contribution < -0.4 is 5.56 Å². The van der Waals surface area contributed by atoms with Gasteiger partial charge in [0.1, 0.15) is 0 Å². The van der Waals surface area contributed by atoms with Crippen LogP contribution in [0, 0.1) is 0 Å². The van der Waals surface area contributed by atoms with Crippen molar-refractivity contribution in [2.45, 2.75) is 31.5 Å². The zero-order valence-electron chi connectivity index (χ0n) is 16.3. The molecule has 2 aromatic carbocycles. The maximum atomic E-state index is 13.0. The highest BCUT2D eigenvalue weighted by molar-refractivity contribution is 7.99. The SMILES string of the molecule is CCc1ccc(C(=O)CSc2nc3ccccc3c(=O)n2[C@@H](C)COC)cc1. The van der Waals surface area contributed by atoms with Crippen LogP contribution in [-0.4, -0.2) is 34.8 Å². The van der Waals surface area contributed by atoms with Crippen LogP contribution in [0.3, 0.4) is 0 Å². The van der Waals surface area contributed by atoms with Gasteiger partial charge in [-0.3, -0.25) is 14.2 Å². The van der Waals surface area contributed by atoms with E-state index in [0.29, 0.717) is 28.2 Å². The molecular weight excluding hydrogens is 372 g/mol. The Balaban J connectivity index is 1.91. The summed E-state index contributed by atoms with van der Waals surface area (Å²) in [5, 5.41) is 1.10. The summed E-state index contributed by atoms with van der Waals surface area (Å²) in [6.45, 7) is 4.38. The second-order valence-electron chi connectivity index (χ2n) is 6.65. The van der Waals surface area contributed by atoms with E-state index in [9.17, 15) is 9.59 Å². The normalized spacial score (nSPS) is 12.2. The molecule has 0 bridgehead atoms. The Kier molecular flexibility index (Phi) is 6.65. The fourth-order valence-electron chi connectivity index (χ4n) is 3.07. The van der Waals surface area contributed by atoms with Gasteiger partial charge >= 0.3 is 0 Å². The lowest BCUT2D eigenvalue weighted by Gasteiger charge is -2.18. The minimum atomic E-state index is -0.184. The van der Waals surface area contributed by atoms with E-state index in [1.54, 1.807) is 17.7 Å². The van der Waals surface area contributed by atoms with E-state index in [1.165, 1.54) is 17.3 Å². The van der Waals surface area contributed by atoms with Gasteiger partial charge in [0.15, 0.2) is 10.9 Å². The number of hydrogen-bond acceptors (Lipinski definition) is 5. The number of ketones is 1. The van der Waals surface area contributed by atoms with Gasteiger partial charge in [-0.05, 0) is 31.0 Å². The van der Waals surface area contributed by atoms with Crippen LogP contribution in [0.2, 0.25) is 0 Å². The maximum Gasteiger partial charge on any atom is 0.262 e. The summed E-state index contributed by atoms with van der Waals surface area (Å²) in [4.78, 5) is 30.3. The molecule has 5 nitrogen and oxygen atoms in total. The van der Waals surface area contributed by atoms with Crippen LogP contribution >= 0.6 is 11.8 Å². The Morgan fingerprint density at radius 3 is 2.57 bits per heavy atom. The molecule has 3 rings (SSSR count). The zero-order valence-corrected chi connectivity index (χ0v) is 17.2. The summed E-state index contributed by atoms with van der Waals surface area (Å²) in [6, 6.07) is 14.8. The molecule has 6 heteroatoms. The Bertz CT molecular complexity index is 1030. The Morgan fingerprint density at radius 2 is 1.89 bits per heavy atom. The first-order valence-corrected chi connectivity index (χ1v) is 10.3. The van der Waals surface area contributed by atoms with Crippen LogP contribution in [0.1, 0.15) is 35.8 Å². The van der Waals surface area contributed by atoms with E-state index in [-0.39, 0.29) is 23.1 Å². The summed E-state index contributed by atoms with van der Waals surface area (Å²) in [6.07, 6.45) is 0.938. The van der Waals surface area contributed by atoms with Gasteiger partial charge in [-0.15, -0.1) is 0 Å². The topological polar surface area (TPSA) is 61.2 Å². The molecule has 0 aliphatic rings. The van der Waals surface area contributed by atoms with E-state index in [0.717, 1.165) is 6.42 Å². The first kappa shape index (κ1) is 20.3. The van der Waals surface area contributed by atoms with Crippen LogP contribution in [-0.2, 0) is 11.2 Å². The second kappa shape index (κ2) is 9.17. The van der Waals surface area contributed by atoms with E-state index in [2.05, 4.69) is 11.9 Å². The molecule has 0 saturated heterocycles. The van der Waals surface area contributed by atoms with Crippen LogP contribution in [0.5, 0.6) is 0 Å². The highest BCUT2D eigenvalue weighted by atomic mass is 32.2. The number of aryl methyl sites for hydroxylation is 1. The first-order chi connectivity index (χ1) is 13.5. The molecule has 0 spiro atoms. The number of hydrogen-bond donors (Lipinski definition) is 0. The smallest absolute Gasteiger partial charge is 0.262 e. The molecule has 1 heterocycles. The van der Waals surface area contributed by atoms with Crippen LogP contribution in [0.15, 0.2) is 58.5 Å². The van der Waals surface area contributed by atoms with Gasteiger partial charge < -0.3 is 4.74 Å². The largest absolute Gasteiger partial charge is 0.383 e. The fraction of sp³-hybridized carbons (Fsp3) is 0.318. The summed E-state index contributed by atoms with van der Waals surface area (Å²) in [5.41, 5.74) is 2.39. The van der Waals surface area contributed by atoms with E-state index >= 15 is 0 Å². The van der Waals surface area contributed by atoms with Crippen molar-refractivity contribution in [2.75, 3.05) is 19.5 Å². The molecule has 0 N–H and O–H groups in total. The molecule has 28 heavy (non-hydrogen) atoms. The number of fused-ring (bicyclic) bond motifs is 1. The Morgan fingerprint density at radius 1 is 1.18 bits per heavy atom. The lowest BCUT2D eigenvalue weighted by molar-refractivity contribution is 0.102. The van der Waals surface area contributed by atoms with Gasteiger partial charge in [-0.1, -0.05) is 55.1 Å². The highest BCUT2D eigenvalue weighted by Crippen LogP contribution is 2.22. The van der Waals surface area contributed by atoms with Crippen molar-refractivity contribution in [3.63, 3.8) is 0 Å². The molecule has 0 unspecified atom stereocenters. The third-order valence-electron chi connectivity index (χ3n) is 4.64. The van der Waals surface area contributed by atoms with Crippen LogP contribution in [0.4, 0.5) is 0 Å². The summed E-state index contributed by atoms with van der Waals surface area (Å²) < 4.78 is 6.86. The molecular formula is C22H24N2O3S. The number of benzene rings is 2. The highest BCUT2D eigenvalue weighted by Gasteiger charge is 2.18. The van der Waals surface area contributed by atoms with Crippen molar-refractivity contribution in [3.8, 4) is 0 Å². The lowest BCUT2D eigenvalue weighted by Crippen LogP contribution is -2.28. The van der Waals surface area contributed by atoms with E-state index in [1.807, 2.05) is 49.4 Å². The fourth-order valence-corrected chi connectivity index (χ4v) is 4.06. The lowest BCUT2D eigenvalue weighted by atomic mass is 10.1. The molecule has 0 fully saturated rings. The quantitative estimate of drug-likeness (QED) is 0.325. The molecule has 0 aliphatic heterocycles. The van der Waals surface area contributed by atoms with Crippen molar-refractivity contribution < 1.29 is 9.53 Å². The number of thioether (sulfide) groups is 1. The Labute approximate surface area is 168 Å². The molecule has 0 radical (unpaired) electrons. The first-order valence-electron chi connectivity index (χ1n) is 9.30. The average molecular weight is 397 g/mol. The molecule has 0 aliphatic carbocycles. The Hall–Kier alpha value is -2.44. The van der Waals surface area contributed by atoms with E-state index < -0.39 is 0 Å². The second-order valence-corrected chi connectivity index (χ2v) is 7.60. The predicted octanol–water partition coefficient (Wildman–Crippen LogP) is 4.14. The van der Waals surface area contributed by atoms with Gasteiger partial charge in [0.25, 0.3) is 5.56 Å². The number of carbonyl (C=O) groups is 1. The third-order valence-corrected chi connectivity index (χ3v) is 5.59. The van der Waals surface area contributed by atoms with Gasteiger partial charge in [0, 0.05) is 12.7 Å². The maximum absolute atomic E-state index is 13.0. The number of methoxy groups -OCH3 is 1. The summed E-state index contributed by atoms with van der Waals surface area (Å²) >= 11 is 1.29.